The number of aryl methyl sites for hydroxylation is 1. The Hall–Kier alpha value is -0.870. The van der Waals surface area contributed by atoms with Crippen LogP contribution in [0, 0.1) is 30.1 Å². The first kappa shape index (κ1) is 16.6. The highest BCUT2D eigenvalue weighted by molar-refractivity contribution is 7.89. The maximum Gasteiger partial charge on any atom is 0.240 e. The fourth-order valence-corrected chi connectivity index (χ4v) is 7.64. The molecule has 4 heteroatoms. The monoisotopic (exact) mass is 347 g/mol. The Bertz CT molecular complexity index is 672. The van der Waals surface area contributed by atoms with Crippen LogP contribution in [0.25, 0.3) is 0 Å². The van der Waals surface area contributed by atoms with E-state index in [9.17, 15) is 8.42 Å². The smallest absolute Gasteiger partial charge is 0.208 e. The van der Waals surface area contributed by atoms with Crippen LogP contribution in [0.15, 0.2) is 29.2 Å². The van der Waals surface area contributed by atoms with Crippen molar-refractivity contribution in [2.75, 3.05) is 0 Å². The number of sulfonamides is 1. The van der Waals surface area contributed by atoms with Crippen LogP contribution in [-0.4, -0.2) is 14.5 Å². The van der Waals surface area contributed by atoms with Crippen LogP contribution in [-0.2, 0) is 10.0 Å². The summed E-state index contributed by atoms with van der Waals surface area (Å²) in [6, 6.07) is 7.28. The van der Waals surface area contributed by atoms with Gasteiger partial charge >= 0.3 is 0 Å². The Kier molecular flexibility index (Phi) is 4.04. The van der Waals surface area contributed by atoms with E-state index in [2.05, 4.69) is 11.6 Å². The largest absolute Gasteiger partial charge is 0.240 e. The average molecular weight is 348 g/mol. The van der Waals surface area contributed by atoms with E-state index in [1.165, 1.54) is 38.5 Å². The number of nitrogens with one attached hydrogen (secondary N) is 1. The molecule has 0 spiro atoms. The van der Waals surface area contributed by atoms with Crippen molar-refractivity contribution in [1.82, 2.24) is 4.72 Å². The summed E-state index contributed by atoms with van der Waals surface area (Å²) in [4.78, 5) is 0.399. The Balaban J connectivity index is 1.59. The third kappa shape index (κ3) is 2.82. The van der Waals surface area contributed by atoms with Crippen molar-refractivity contribution in [2.24, 2.45) is 23.2 Å². The molecule has 3 nitrogen and oxygen atoms in total. The van der Waals surface area contributed by atoms with Crippen molar-refractivity contribution in [2.45, 2.75) is 69.7 Å². The molecule has 4 bridgehead atoms. The van der Waals surface area contributed by atoms with Gasteiger partial charge in [-0.2, -0.15) is 0 Å². The van der Waals surface area contributed by atoms with E-state index in [0.717, 1.165) is 29.7 Å². The molecule has 1 N–H and O–H groups in total. The predicted octanol–water partition coefficient (Wildman–Crippen LogP) is 4.27. The third-order valence-electron chi connectivity index (χ3n) is 6.86. The molecule has 1 unspecified atom stereocenters. The zero-order chi connectivity index (χ0) is 16.9. The molecule has 1 aromatic carbocycles. The van der Waals surface area contributed by atoms with E-state index in [1.807, 2.05) is 19.1 Å². The predicted molar refractivity (Wildman–Crippen MR) is 96.2 cm³/mol. The summed E-state index contributed by atoms with van der Waals surface area (Å²) in [5.74, 6) is 2.53. The highest BCUT2D eigenvalue weighted by Gasteiger charge is 2.54. The molecule has 0 heterocycles. The number of hydrogen-bond acceptors (Lipinski definition) is 2. The molecule has 4 saturated carbocycles. The van der Waals surface area contributed by atoms with E-state index in [4.69, 9.17) is 0 Å². The van der Waals surface area contributed by atoms with Crippen LogP contribution in [0.5, 0.6) is 0 Å². The highest BCUT2D eigenvalue weighted by Crippen LogP contribution is 2.61. The van der Waals surface area contributed by atoms with Gasteiger partial charge in [0.05, 0.1) is 4.90 Å². The van der Waals surface area contributed by atoms with E-state index < -0.39 is 10.0 Å². The van der Waals surface area contributed by atoms with Crippen LogP contribution in [0.2, 0.25) is 0 Å². The Morgan fingerprint density at radius 2 is 1.54 bits per heavy atom. The summed E-state index contributed by atoms with van der Waals surface area (Å²) in [6.07, 6.45) is 8.74. The topological polar surface area (TPSA) is 46.2 Å². The minimum Gasteiger partial charge on any atom is -0.208 e. The Morgan fingerprint density at radius 1 is 1.04 bits per heavy atom. The Labute approximate surface area is 146 Å². The molecule has 1 atom stereocenters. The van der Waals surface area contributed by atoms with E-state index >= 15 is 0 Å². The standard InChI is InChI=1S/C20H29NO2S/c1-3-19(21-24(22,23)18-6-4-14(2)5-7-18)20-11-15-8-16(12-20)10-17(9-15)13-20/h4-7,15-17,19,21H,3,8-13H2,1-2H3. The SMILES string of the molecule is CCC(NS(=O)(=O)c1ccc(C)cc1)C12CC3CC(CC(C3)C1)C2. The minimum atomic E-state index is -3.43. The van der Waals surface area contributed by atoms with Gasteiger partial charge in [-0.15, -0.1) is 0 Å². The van der Waals surface area contributed by atoms with Crippen LogP contribution in [0.3, 0.4) is 0 Å². The number of rotatable bonds is 5. The molecule has 0 aliphatic heterocycles. The van der Waals surface area contributed by atoms with Crippen molar-refractivity contribution >= 4 is 10.0 Å². The first-order valence-electron chi connectivity index (χ1n) is 9.49. The van der Waals surface area contributed by atoms with Gasteiger partial charge in [-0.3, -0.25) is 0 Å². The lowest BCUT2D eigenvalue weighted by atomic mass is 9.47. The molecule has 4 fully saturated rings. The van der Waals surface area contributed by atoms with E-state index in [-0.39, 0.29) is 11.5 Å². The second kappa shape index (κ2) is 5.84. The average Bonchev–Trinajstić information content (AvgIpc) is 2.51. The molecule has 0 radical (unpaired) electrons. The molecule has 0 aromatic heterocycles. The zero-order valence-corrected chi connectivity index (χ0v) is 15.6. The summed E-state index contributed by atoms with van der Waals surface area (Å²) in [5, 5.41) is 0. The maximum atomic E-state index is 12.9. The lowest BCUT2D eigenvalue weighted by Crippen LogP contribution is -2.56. The van der Waals surface area contributed by atoms with Gasteiger partial charge in [0.2, 0.25) is 10.0 Å². The lowest BCUT2D eigenvalue weighted by Gasteiger charge is -2.59. The van der Waals surface area contributed by atoms with Gasteiger partial charge in [-0.1, -0.05) is 24.6 Å². The van der Waals surface area contributed by atoms with Crippen molar-refractivity contribution in [3.05, 3.63) is 29.8 Å². The van der Waals surface area contributed by atoms with Crippen molar-refractivity contribution in [1.29, 1.82) is 0 Å². The van der Waals surface area contributed by atoms with Crippen molar-refractivity contribution < 1.29 is 8.42 Å². The molecule has 0 saturated heterocycles. The second-order valence-electron chi connectivity index (χ2n) is 8.68. The zero-order valence-electron chi connectivity index (χ0n) is 14.8. The molecule has 5 rings (SSSR count). The minimum absolute atomic E-state index is 0.0807. The lowest BCUT2D eigenvalue weighted by molar-refractivity contribution is -0.0704. The van der Waals surface area contributed by atoms with Crippen LogP contribution >= 0.6 is 0 Å². The first-order valence-corrected chi connectivity index (χ1v) is 11.0. The number of benzene rings is 1. The molecule has 0 amide bonds. The summed E-state index contributed by atoms with van der Waals surface area (Å²) in [7, 11) is -3.43. The maximum absolute atomic E-state index is 12.9. The van der Waals surface area contributed by atoms with Gasteiger partial charge in [0.15, 0.2) is 0 Å². The fraction of sp³-hybridized carbons (Fsp3) is 0.700. The summed E-state index contributed by atoms with van der Waals surface area (Å²) < 4.78 is 28.9. The van der Waals surface area contributed by atoms with Crippen LogP contribution in [0.4, 0.5) is 0 Å². The van der Waals surface area contributed by atoms with Gasteiger partial charge in [-0.25, -0.2) is 13.1 Å². The molecule has 24 heavy (non-hydrogen) atoms. The third-order valence-corrected chi connectivity index (χ3v) is 8.35. The molecule has 4 aliphatic rings. The van der Waals surface area contributed by atoms with Gasteiger partial charge in [0, 0.05) is 6.04 Å². The molecule has 132 valence electrons. The van der Waals surface area contributed by atoms with Crippen LogP contribution in [0.1, 0.15) is 57.4 Å². The summed E-state index contributed by atoms with van der Waals surface area (Å²) in [6.45, 7) is 4.12. The van der Waals surface area contributed by atoms with E-state index in [0.29, 0.717) is 4.90 Å². The molecular formula is C20H29NO2S. The first-order chi connectivity index (χ1) is 11.4. The van der Waals surface area contributed by atoms with E-state index in [1.54, 1.807) is 12.1 Å². The fourth-order valence-electron chi connectivity index (χ4n) is 6.22. The van der Waals surface area contributed by atoms with Gasteiger partial charge in [0.1, 0.15) is 0 Å². The van der Waals surface area contributed by atoms with Gasteiger partial charge in [0.25, 0.3) is 0 Å². The summed E-state index contributed by atoms with van der Waals surface area (Å²) >= 11 is 0. The van der Waals surface area contributed by atoms with Gasteiger partial charge in [-0.05, 0) is 87.2 Å². The van der Waals surface area contributed by atoms with Crippen molar-refractivity contribution in [3.8, 4) is 0 Å². The van der Waals surface area contributed by atoms with Gasteiger partial charge < -0.3 is 0 Å². The molecule has 1 aromatic rings. The molecular weight excluding hydrogens is 318 g/mol. The summed E-state index contributed by atoms with van der Waals surface area (Å²) in [5.41, 5.74) is 1.29. The Morgan fingerprint density at radius 3 is 2.00 bits per heavy atom. The highest BCUT2D eigenvalue weighted by atomic mass is 32.2. The molecule has 4 aliphatic carbocycles. The number of hydrogen-bond donors (Lipinski definition) is 1. The second-order valence-corrected chi connectivity index (χ2v) is 10.4. The van der Waals surface area contributed by atoms with Crippen molar-refractivity contribution in [3.63, 3.8) is 0 Å². The van der Waals surface area contributed by atoms with Crippen LogP contribution < -0.4 is 4.72 Å². The normalized spacial score (nSPS) is 36.0. The quantitative estimate of drug-likeness (QED) is 0.864.